The molecule has 0 radical (unpaired) electrons. The van der Waals surface area contributed by atoms with Crippen molar-refractivity contribution in [1.82, 2.24) is 0 Å². The van der Waals surface area contributed by atoms with Gasteiger partial charge in [0.2, 0.25) is 0 Å². The van der Waals surface area contributed by atoms with Gasteiger partial charge in [-0.05, 0) is 54.8 Å². The van der Waals surface area contributed by atoms with Crippen molar-refractivity contribution in [1.29, 1.82) is 0 Å². The van der Waals surface area contributed by atoms with Crippen molar-refractivity contribution < 1.29 is 9.53 Å². The van der Waals surface area contributed by atoms with Crippen LogP contribution in [0.2, 0.25) is 0 Å². The summed E-state index contributed by atoms with van der Waals surface area (Å²) in [5, 5.41) is 2.02. The molecule has 0 spiro atoms. The SMILES string of the molecule is Cc1ccc(N(Cc2cccs2)C(=O)COc2ccc(Br)cc2)cc1. The Balaban J connectivity index is 1.74. The first-order valence-corrected chi connectivity index (χ1v) is 9.57. The van der Waals surface area contributed by atoms with Gasteiger partial charge in [0.05, 0.1) is 6.54 Å². The van der Waals surface area contributed by atoms with Crippen LogP contribution in [0.25, 0.3) is 0 Å². The van der Waals surface area contributed by atoms with Crippen LogP contribution in [0.1, 0.15) is 10.4 Å². The van der Waals surface area contributed by atoms with E-state index in [1.807, 2.05) is 73.0 Å². The Labute approximate surface area is 160 Å². The van der Waals surface area contributed by atoms with Gasteiger partial charge in [-0.3, -0.25) is 4.79 Å². The van der Waals surface area contributed by atoms with E-state index in [2.05, 4.69) is 15.9 Å². The predicted molar refractivity (Wildman–Crippen MR) is 106 cm³/mol. The fraction of sp³-hybridized carbons (Fsp3) is 0.150. The zero-order valence-corrected chi connectivity index (χ0v) is 16.2. The Morgan fingerprint density at radius 1 is 1.08 bits per heavy atom. The van der Waals surface area contributed by atoms with Crippen LogP contribution in [-0.4, -0.2) is 12.5 Å². The minimum Gasteiger partial charge on any atom is -0.484 e. The summed E-state index contributed by atoms with van der Waals surface area (Å²) < 4.78 is 6.64. The van der Waals surface area contributed by atoms with Gasteiger partial charge >= 0.3 is 0 Å². The molecule has 2 aromatic carbocycles. The van der Waals surface area contributed by atoms with Gasteiger partial charge in [0, 0.05) is 15.0 Å². The molecular weight excluding hydrogens is 398 g/mol. The van der Waals surface area contributed by atoms with Gasteiger partial charge in [0.1, 0.15) is 5.75 Å². The van der Waals surface area contributed by atoms with Gasteiger partial charge in [0.15, 0.2) is 6.61 Å². The van der Waals surface area contributed by atoms with E-state index < -0.39 is 0 Å². The van der Waals surface area contributed by atoms with Crippen LogP contribution in [0.15, 0.2) is 70.5 Å². The van der Waals surface area contributed by atoms with E-state index in [9.17, 15) is 4.79 Å². The van der Waals surface area contributed by atoms with Gasteiger partial charge in [-0.15, -0.1) is 11.3 Å². The van der Waals surface area contributed by atoms with Crippen molar-refractivity contribution in [3.8, 4) is 5.75 Å². The van der Waals surface area contributed by atoms with Crippen molar-refractivity contribution >= 4 is 38.9 Å². The first kappa shape index (κ1) is 17.7. The Morgan fingerprint density at radius 3 is 2.44 bits per heavy atom. The van der Waals surface area contributed by atoms with Crippen LogP contribution < -0.4 is 9.64 Å². The molecule has 0 aliphatic heterocycles. The molecule has 5 heteroatoms. The van der Waals surface area contributed by atoms with Crippen LogP contribution in [0.4, 0.5) is 5.69 Å². The number of benzene rings is 2. The van der Waals surface area contributed by atoms with E-state index in [0.29, 0.717) is 12.3 Å². The number of halogens is 1. The summed E-state index contributed by atoms with van der Waals surface area (Å²) >= 11 is 5.03. The van der Waals surface area contributed by atoms with Crippen molar-refractivity contribution in [3.63, 3.8) is 0 Å². The number of carbonyl (C=O) groups is 1. The summed E-state index contributed by atoms with van der Waals surface area (Å²) in [6.07, 6.45) is 0. The number of carbonyl (C=O) groups excluding carboxylic acids is 1. The smallest absolute Gasteiger partial charge is 0.265 e. The first-order valence-electron chi connectivity index (χ1n) is 7.89. The highest BCUT2D eigenvalue weighted by molar-refractivity contribution is 9.10. The summed E-state index contributed by atoms with van der Waals surface area (Å²) in [4.78, 5) is 15.7. The standard InChI is InChI=1S/C20H18BrNO2S/c1-15-4-8-17(9-5-15)22(13-19-3-2-12-25-19)20(23)14-24-18-10-6-16(21)7-11-18/h2-12H,13-14H2,1H3. The molecule has 3 nitrogen and oxygen atoms in total. The van der Waals surface area contributed by atoms with E-state index in [1.165, 1.54) is 5.56 Å². The number of ether oxygens (including phenoxy) is 1. The molecule has 25 heavy (non-hydrogen) atoms. The number of amides is 1. The molecule has 3 aromatic rings. The molecule has 1 aromatic heterocycles. The maximum absolute atomic E-state index is 12.8. The summed E-state index contributed by atoms with van der Waals surface area (Å²) in [7, 11) is 0. The van der Waals surface area contributed by atoms with Gasteiger partial charge < -0.3 is 9.64 Å². The molecule has 0 saturated carbocycles. The molecule has 128 valence electrons. The van der Waals surface area contributed by atoms with Gasteiger partial charge in [-0.2, -0.15) is 0 Å². The van der Waals surface area contributed by atoms with E-state index in [-0.39, 0.29) is 12.5 Å². The Morgan fingerprint density at radius 2 is 1.80 bits per heavy atom. The Kier molecular flexibility index (Phi) is 5.89. The number of rotatable bonds is 6. The Hall–Kier alpha value is -2.11. The highest BCUT2D eigenvalue weighted by Crippen LogP contribution is 2.21. The number of thiophene rings is 1. The molecule has 0 fully saturated rings. The lowest BCUT2D eigenvalue weighted by molar-refractivity contribution is -0.120. The lowest BCUT2D eigenvalue weighted by Crippen LogP contribution is -2.34. The normalized spacial score (nSPS) is 10.5. The molecule has 1 heterocycles. The molecule has 0 aliphatic carbocycles. The van der Waals surface area contributed by atoms with Crippen LogP contribution in [-0.2, 0) is 11.3 Å². The lowest BCUT2D eigenvalue weighted by atomic mass is 10.2. The average molecular weight is 416 g/mol. The third-order valence-electron chi connectivity index (χ3n) is 3.72. The Bertz CT molecular complexity index is 814. The maximum atomic E-state index is 12.8. The second-order valence-corrected chi connectivity index (χ2v) is 7.59. The molecule has 0 N–H and O–H groups in total. The number of aryl methyl sites for hydroxylation is 1. The summed E-state index contributed by atoms with van der Waals surface area (Å²) in [5.41, 5.74) is 2.04. The predicted octanol–water partition coefficient (Wildman–Crippen LogP) is 5.43. The number of hydrogen-bond acceptors (Lipinski definition) is 3. The number of nitrogens with zero attached hydrogens (tertiary/aromatic N) is 1. The molecule has 0 atom stereocenters. The van der Waals surface area contributed by atoms with Gasteiger partial charge in [0.25, 0.3) is 5.91 Å². The summed E-state index contributed by atoms with van der Waals surface area (Å²) in [6.45, 7) is 2.58. The second-order valence-electron chi connectivity index (χ2n) is 5.64. The quantitative estimate of drug-likeness (QED) is 0.536. The van der Waals surface area contributed by atoms with Crippen molar-refractivity contribution in [3.05, 3.63) is 81.0 Å². The number of anilines is 1. The summed E-state index contributed by atoms with van der Waals surface area (Å²) in [6, 6.07) is 19.5. The van der Waals surface area contributed by atoms with Crippen LogP contribution in [0, 0.1) is 6.92 Å². The number of hydrogen-bond donors (Lipinski definition) is 0. The highest BCUT2D eigenvalue weighted by Gasteiger charge is 2.17. The molecular formula is C20H18BrNO2S. The molecule has 1 amide bonds. The van der Waals surface area contributed by atoms with E-state index in [4.69, 9.17) is 4.74 Å². The fourth-order valence-electron chi connectivity index (χ4n) is 2.36. The van der Waals surface area contributed by atoms with E-state index in [1.54, 1.807) is 16.2 Å². The minimum atomic E-state index is -0.0693. The minimum absolute atomic E-state index is 0.000877. The van der Waals surface area contributed by atoms with Gasteiger partial charge in [-0.1, -0.05) is 39.7 Å². The average Bonchev–Trinajstić information content (AvgIpc) is 3.13. The zero-order chi connectivity index (χ0) is 17.6. The summed E-state index contributed by atoms with van der Waals surface area (Å²) in [5.74, 6) is 0.608. The molecule has 0 bridgehead atoms. The second kappa shape index (κ2) is 8.32. The van der Waals surface area contributed by atoms with Crippen LogP contribution >= 0.6 is 27.3 Å². The lowest BCUT2D eigenvalue weighted by Gasteiger charge is -2.22. The van der Waals surface area contributed by atoms with E-state index in [0.717, 1.165) is 15.0 Å². The van der Waals surface area contributed by atoms with Crippen LogP contribution in [0.3, 0.4) is 0 Å². The van der Waals surface area contributed by atoms with Gasteiger partial charge in [-0.25, -0.2) is 0 Å². The molecule has 0 unspecified atom stereocenters. The zero-order valence-electron chi connectivity index (χ0n) is 13.8. The molecule has 3 rings (SSSR count). The highest BCUT2D eigenvalue weighted by atomic mass is 79.9. The van der Waals surface area contributed by atoms with Crippen LogP contribution in [0.5, 0.6) is 5.75 Å². The molecule has 0 saturated heterocycles. The fourth-order valence-corrected chi connectivity index (χ4v) is 3.32. The largest absolute Gasteiger partial charge is 0.484 e. The maximum Gasteiger partial charge on any atom is 0.265 e. The van der Waals surface area contributed by atoms with Crippen molar-refractivity contribution in [2.75, 3.05) is 11.5 Å². The first-order chi connectivity index (χ1) is 12.1. The third-order valence-corrected chi connectivity index (χ3v) is 5.11. The molecule has 0 aliphatic rings. The monoisotopic (exact) mass is 415 g/mol. The van der Waals surface area contributed by atoms with Crippen molar-refractivity contribution in [2.45, 2.75) is 13.5 Å². The van der Waals surface area contributed by atoms with E-state index >= 15 is 0 Å². The van der Waals surface area contributed by atoms with Crippen molar-refractivity contribution in [2.24, 2.45) is 0 Å². The third kappa shape index (κ3) is 4.94. The topological polar surface area (TPSA) is 29.5 Å².